The number of pyridine rings is 1. The topological polar surface area (TPSA) is 77.2 Å². The lowest BCUT2D eigenvalue weighted by Gasteiger charge is -2.32. The van der Waals surface area contributed by atoms with Gasteiger partial charge in [0.1, 0.15) is 11.3 Å². The average Bonchev–Trinajstić information content (AvgIpc) is 2.76. The lowest BCUT2D eigenvalue weighted by molar-refractivity contribution is 0.0685. The lowest BCUT2D eigenvalue weighted by atomic mass is 9.90. The highest BCUT2D eigenvalue weighted by Gasteiger charge is 2.25. The monoisotopic (exact) mass is 392 g/mol. The summed E-state index contributed by atoms with van der Waals surface area (Å²) < 4.78 is 2.35. The second kappa shape index (κ2) is 7.66. The largest absolute Gasteiger partial charge is 0.337 e. The summed E-state index contributed by atoms with van der Waals surface area (Å²) in [6, 6.07) is 13.6. The number of piperidine rings is 1. The molecule has 0 aliphatic carbocycles. The van der Waals surface area contributed by atoms with E-state index in [1.54, 1.807) is 19.2 Å². The molecule has 0 bridgehead atoms. The number of rotatable bonds is 3. The van der Waals surface area contributed by atoms with Crippen LogP contribution in [0.3, 0.4) is 0 Å². The fraction of sp³-hybridized carbons (Fsp3) is 0.364. The molecule has 0 unspecified atom stereocenters. The molecule has 1 aliphatic rings. The minimum Gasteiger partial charge on any atom is -0.337 e. The summed E-state index contributed by atoms with van der Waals surface area (Å²) in [5.41, 5.74) is 0.971. The van der Waals surface area contributed by atoms with Gasteiger partial charge >= 0.3 is 5.69 Å². The number of aromatic nitrogens is 3. The zero-order valence-corrected chi connectivity index (χ0v) is 16.7. The van der Waals surface area contributed by atoms with E-state index in [9.17, 15) is 14.4 Å². The Morgan fingerprint density at radius 2 is 1.69 bits per heavy atom. The normalized spacial score (nSPS) is 15.0. The van der Waals surface area contributed by atoms with E-state index in [4.69, 9.17) is 0 Å². The van der Waals surface area contributed by atoms with Crippen LogP contribution >= 0.6 is 0 Å². The maximum atomic E-state index is 12.9. The highest BCUT2D eigenvalue weighted by molar-refractivity contribution is 5.94. The molecule has 1 aromatic carbocycles. The third-order valence-corrected chi connectivity index (χ3v) is 5.79. The molecule has 1 saturated heterocycles. The van der Waals surface area contributed by atoms with Crippen molar-refractivity contribution >= 4 is 16.9 Å². The SMILES string of the molecule is Cn1c(=O)c2ccc(C(=O)N3CCC(Cc4ccccc4)CC3)nc2n(C)c1=O. The fourth-order valence-corrected chi connectivity index (χ4v) is 4.02. The molecule has 2 aromatic heterocycles. The van der Waals surface area contributed by atoms with Crippen molar-refractivity contribution < 1.29 is 4.79 Å². The van der Waals surface area contributed by atoms with Crippen molar-refractivity contribution in [3.63, 3.8) is 0 Å². The van der Waals surface area contributed by atoms with E-state index in [2.05, 4.69) is 29.2 Å². The van der Waals surface area contributed by atoms with Gasteiger partial charge in [-0.3, -0.25) is 18.7 Å². The first-order valence-electron chi connectivity index (χ1n) is 9.85. The lowest BCUT2D eigenvalue weighted by Crippen LogP contribution is -2.40. The van der Waals surface area contributed by atoms with Crippen LogP contribution < -0.4 is 11.2 Å². The highest BCUT2D eigenvalue weighted by atomic mass is 16.2. The smallest absolute Gasteiger partial charge is 0.332 e. The summed E-state index contributed by atoms with van der Waals surface area (Å²) >= 11 is 0. The number of nitrogens with zero attached hydrogens (tertiary/aromatic N) is 4. The molecule has 0 saturated carbocycles. The third kappa shape index (κ3) is 3.60. The first-order chi connectivity index (χ1) is 14.0. The molecule has 7 nitrogen and oxygen atoms in total. The van der Waals surface area contributed by atoms with Gasteiger partial charge in [-0.15, -0.1) is 0 Å². The number of benzene rings is 1. The Balaban J connectivity index is 1.51. The number of fused-ring (bicyclic) bond motifs is 1. The van der Waals surface area contributed by atoms with Crippen LogP contribution in [-0.4, -0.2) is 38.0 Å². The predicted octanol–water partition coefficient (Wildman–Crippen LogP) is 1.73. The number of aryl methyl sites for hydroxylation is 1. The molecule has 0 atom stereocenters. The zero-order valence-electron chi connectivity index (χ0n) is 16.7. The van der Waals surface area contributed by atoms with Gasteiger partial charge in [-0.1, -0.05) is 30.3 Å². The zero-order chi connectivity index (χ0) is 20.5. The summed E-state index contributed by atoms with van der Waals surface area (Å²) in [6.45, 7) is 1.37. The van der Waals surface area contributed by atoms with Crippen molar-refractivity contribution in [2.24, 2.45) is 20.0 Å². The Kier molecular flexibility index (Phi) is 5.05. The third-order valence-electron chi connectivity index (χ3n) is 5.79. The Bertz CT molecular complexity index is 1170. The summed E-state index contributed by atoms with van der Waals surface area (Å²) in [7, 11) is 2.99. The molecule has 0 radical (unpaired) electrons. The van der Waals surface area contributed by atoms with Crippen LogP contribution in [0.25, 0.3) is 11.0 Å². The molecule has 150 valence electrons. The van der Waals surface area contributed by atoms with Gasteiger partial charge in [-0.2, -0.15) is 0 Å². The molecule has 4 rings (SSSR count). The van der Waals surface area contributed by atoms with Gasteiger partial charge < -0.3 is 4.90 Å². The van der Waals surface area contributed by atoms with Crippen LogP contribution in [0.5, 0.6) is 0 Å². The average molecular weight is 392 g/mol. The number of carbonyl (C=O) groups excluding carboxylic acids is 1. The van der Waals surface area contributed by atoms with Crippen molar-refractivity contribution in [2.75, 3.05) is 13.1 Å². The Morgan fingerprint density at radius 1 is 1.00 bits per heavy atom. The Morgan fingerprint density at radius 3 is 2.38 bits per heavy atom. The number of hydrogen-bond acceptors (Lipinski definition) is 4. The molecular weight excluding hydrogens is 368 g/mol. The molecule has 3 aromatic rings. The molecular formula is C22H24N4O3. The van der Waals surface area contributed by atoms with Crippen LogP contribution in [0.1, 0.15) is 28.9 Å². The molecule has 0 N–H and O–H groups in total. The maximum Gasteiger partial charge on any atom is 0.332 e. The van der Waals surface area contributed by atoms with Gasteiger partial charge in [0.15, 0.2) is 0 Å². The van der Waals surface area contributed by atoms with Gasteiger partial charge in [-0.25, -0.2) is 9.78 Å². The summed E-state index contributed by atoms with van der Waals surface area (Å²) in [4.78, 5) is 43.6. The molecule has 3 heterocycles. The quantitative estimate of drug-likeness (QED) is 0.680. The van der Waals surface area contributed by atoms with Crippen LogP contribution in [-0.2, 0) is 20.5 Å². The fourth-order valence-electron chi connectivity index (χ4n) is 4.02. The van der Waals surface area contributed by atoms with Crippen molar-refractivity contribution in [2.45, 2.75) is 19.3 Å². The molecule has 0 spiro atoms. The Labute approximate surface area is 168 Å². The maximum absolute atomic E-state index is 12.9. The second-order valence-electron chi connectivity index (χ2n) is 7.70. The summed E-state index contributed by atoms with van der Waals surface area (Å²) in [6.07, 6.45) is 2.93. The second-order valence-corrected chi connectivity index (χ2v) is 7.70. The van der Waals surface area contributed by atoms with Gasteiger partial charge in [-0.05, 0) is 42.9 Å². The minimum absolute atomic E-state index is 0.154. The van der Waals surface area contributed by atoms with Crippen LogP contribution in [0.4, 0.5) is 0 Å². The van der Waals surface area contributed by atoms with E-state index >= 15 is 0 Å². The van der Waals surface area contributed by atoms with Crippen LogP contribution in [0, 0.1) is 5.92 Å². The number of likely N-dealkylation sites (tertiary alicyclic amines) is 1. The Hall–Kier alpha value is -3.22. The number of carbonyl (C=O) groups is 1. The molecule has 1 aliphatic heterocycles. The van der Waals surface area contributed by atoms with E-state index in [-0.39, 0.29) is 17.2 Å². The van der Waals surface area contributed by atoms with Crippen LogP contribution in [0.2, 0.25) is 0 Å². The van der Waals surface area contributed by atoms with Crippen molar-refractivity contribution in [3.8, 4) is 0 Å². The number of amides is 1. The van der Waals surface area contributed by atoms with E-state index in [0.717, 1.165) is 23.8 Å². The molecule has 1 amide bonds. The van der Waals surface area contributed by atoms with Gasteiger partial charge in [0, 0.05) is 27.2 Å². The molecule has 1 fully saturated rings. The van der Waals surface area contributed by atoms with Crippen molar-refractivity contribution in [1.29, 1.82) is 0 Å². The van der Waals surface area contributed by atoms with E-state index in [1.165, 1.54) is 17.2 Å². The minimum atomic E-state index is -0.457. The summed E-state index contributed by atoms with van der Waals surface area (Å²) in [5.74, 6) is 0.410. The van der Waals surface area contributed by atoms with Gasteiger partial charge in [0.05, 0.1) is 5.39 Å². The van der Waals surface area contributed by atoms with Crippen molar-refractivity contribution in [1.82, 2.24) is 19.0 Å². The first kappa shape index (κ1) is 19.1. The summed E-state index contributed by atoms with van der Waals surface area (Å²) in [5, 5.41) is 0.327. The predicted molar refractivity (Wildman–Crippen MR) is 111 cm³/mol. The molecule has 7 heteroatoms. The van der Waals surface area contributed by atoms with E-state index in [1.807, 2.05) is 11.0 Å². The van der Waals surface area contributed by atoms with Gasteiger partial charge in [0.25, 0.3) is 11.5 Å². The number of hydrogen-bond donors (Lipinski definition) is 0. The van der Waals surface area contributed by atoms with Crippen molar-refractivity contribution in [3.05, 3.63) is 74.6 Å². The standard InChI is InChI=1S/C22H24N4O3/c1-24-19-17(20(27)25(2)22(24)29)8-9-18(23-19)21(28)26-12-10-16(11-13-26)14-15-6-4-3-5-7-15/h3-9,16H,10-14H2,1-2H3. The van der Waals surface area contributed by atoms with Gasteiger partial charge in [0.2, 0.25) is 0 Å². The molecule has 29 heavy (non-hydrogen) atoms. The highest BCUT2D eigenvalue weighted by Crippen LogP contribution is 2.23. The van der Waals surface area contributed by atoms with Crippen LogP contribution in [0.15, 0.2) is 52.1 Å². The van der Waals surface area contributed by atoms with E-state index in [0.29, 0.717) is 24.4 Å². The first-order valence-corrected chi connectivity index (χ1v) is 9.85. The van der Waals surface area contributed by atoms with E-state index < -0.39 is 11.2 Å².